The maximum absolute atomic E-state index is 10.8. The summed E-state index contributed by atoms with van der Waals surface area (Å²) in [5.41, 5.74) is 0.785. The molecule has 1 fully saturated rings. The minimum absolute atomic E-state index is 0.0773. The van der Waals surface area contributed by atoms with Crippen LogP contribution in [0, 0.1) is 22.5 Å². The quantitative estimate of drug-likeness (QED) is 0.667. The van der Waals surface area contributed by atoms with Crippen LogP contribution in [-0.4, -0.2) is 15.9 Å². The van der Waals surface area contributed by atoms with E-state index in [4.69, 9.17) is 0 Å². The molecule has 0 amide bonds. The molecule has 19 heavy (non-hydrogen) atoms. The van der Waals surface area contributed by atoms with Crippen LogP contribution in [0.25, 0.3) is 0 Å². The highest BCUT2D eigenvalue weighted by Gasteiger charge is 2.32. The molecule has 1 saturated carbocycles. The van der Waals surface area contributed by atoms with E-state index in [1.54, 1.807) is 13.0 Å². The van der Waals surface area contributed by atoms with Crippen molar-refractivity contribution in [3.63, 3.8) is 0 Å². The van der Waals surface area contributed by atoms with Gasteiger partial charge in [-0.05, 0) is 31.2 Å². The Bertz CT molecular complexity index is 486. The van der Waals surface area contributed by atoms with Gasteiger partial charge in [-0.15, -0.1) is 0 Å². The van der Waals surface area contributed by atoms with E-state index in [1.807, 2.05) is 0 Å². The molecule has 1 N–H and O–H groups in total. The van der Waals surface area contributed by atoms with E-state index in [1.165, 1.54) is 25.3 Å². The average molecular weight is 263 g/mol. The predicted octanol–water partition coefficient (Wildman–Crippen LogP) is 3.68. The number of nitro groups is 1. The van der Waals surface area contributed by atoms with Gasteiger partial charge in [-0.3, -0.25) is 10.1 Å². The zero-order chi connectivity index (χ0) is 14.0. The molecule has 5 heteroatoms. The number of pyridine rings is 1. The molecule has 5 nitrogen and oxygen atoms in total. The summed E-state index contributed by atoms with van der Waals surface area (Å²) in [5, 5.41) is 14.2. The van der Waals surface area contributed by atoms with Crippen LogP contribution in [-0.2, 0) is 0 Å². The molecule has 1 unspecified atom stereocenters. The van der Waals surface area contributed by atoms with Gasteiger partial charge in [0.15, 0.2) is 0 Å². The lowest BCUT2D eigenvalue weighted by atomic mass is 9.73. The van der Waals surface area contributed by atoms with Gasteiger partial charge < -0.3 is 5.32 Å². The molecule has 1 heterocycles. The molecule has 2 rings (SSSR count). The van der Waals surface area contributed by atoms with Gasteiger partial charge in [0, 0.05) is 12.1 Å². The Morgan fingerprint density at radius 1 is 1.42 bits per heavy atom. The van der Waals surface area contributed by atoms with Crippen LogP contribution in [0.1, 0.15) is 45.2 Å². The maximum Gasteiger partial charge on any atom is 0.290 e. The summed E-state index contributed by atoms with van der Waals surface area (Å²) in [6, 6.07) is 3.62. The van der Waals surface area contributed by atoms with Crippen LogP contribution in [0.5, 0.6) is 0 Å². The van der Waals surface area contributed by atoms with Crippen LogP contribution in [0.3, 0.4) is 0 Å². The van der Waals surface area contributed by atoms with E-state index in [-0.39, 0.29) is 11.1 Å². The number of nitrogens with zero attached hydrogens (tertiary/aromatic N) is 2. The highest BCUT2D eigenvalue weighted by molar-refractivity contribution is 5.45. The number of hydrogen-bond donors (Lipinski definition) is 1. The van der Waals surface area contributed by atoms with E-state index >= 15 is 0 Å². The second-order valence-electron chi connectivity index (χ2n) is 5.99. The highest BCUT2D eigenvalue weighted by atomic mass is 16.6. The normalized spacial score (nSPS) is 21.9. The molecule has 104 valence electrons. The van der Waals surface area contributed by atoms with Gasteiger partial charge in [-0.25, -0.2) is 4.98 Å². The molecule has 0 aliphatic heterocycles. The molecule has 1 aliphatic carbocycles. The van der Waals surface area contributed by atoms with Crippen LogP contribution < -0.4 is 5.32 Å². The van der Waals surface area contributed by atoms with Crippen molar-refractivity contribution >= 4 is 11.5 Å². The SMILES string of the molecule is Cc1nc(NC2CCCCC2(C)C)ccc1[N+](=O)[O-]. The molecule has 0 saturated heterocycles. The van der Waals surface area contributed by atoms with E-state index in [9.17, 15) is 10.1 Å². The summed E-state index contributed by atoms with van der Waals surface area (Å²) < 4.78 is 0. The molecule has 1 aromatic rings. The summed E-state index contributed by atoms with van der Waals surface area (Å²) in [6.07, 6.45) is 4.84. The Morgan fingerprint density at radius 2 is 2.16 bits per heavy atom. The fourth-order valence-electron chi connectivity index (χ4n) is 2.77. The Kier molecular flexibility index (Phi) is 3.73. The van der Waals surface area contributed by atoms with Gasteiger partial charge in [-0.1, -0.05) is 26.7 Å². The first-order valence-corrected chi connectivity index (χ1v) is 6.79. The number of nitrogens with one attached hydrogen (secondary N) is 1. The predicted molar refractivity (Wildman–Crippen MR) is 75.3 cm³/mol. The van der Waals surface area contributed by atoms with Gasteiger partial charge in [0.2, 0.25) is 0 Å². The van der Waals surface area contributed by atoms with E-state index in [2.05, 4.69) is 24.1 Å². The molecule has 1 aromatic heterocycles. The summed E-state index contributed by atoms with van der Waals surface area (Å²) in [5.74, 6) is 0.739. The molecule has 1 atom stereocenters. The van der Waals surface area contributed by atoms with Gasteiger partial charge in [0.25, 0.3) is 5.69 Å². The van der Waals surface area contributed by atoms with Crippen molar-refractivity contribution in [1.82, 2.24) is 4.98 Å². The second kappa shape index (κ2) is 5.15. The first-order chi connectivity index (χ1) is 8.90. The topological polar surface area (TPSA) is 68.1 Å². The first kappa shape index (κ1) is 13.8. The maximum atomic E-state index is 10.8. The fraction of sp³-hybridized carbons (Fsp3) is 0.643. The van der Waals surface area contributed by atoms with Crippen molar-refractivity contribution in [2.75, 3.05) is 5.32 Å². The third kappa shape index (κ3) is 3.03. The lowest BCUT2D eigenvalue weighted by molar-refractivity contribution is -0.385. The van der Waals surface area contributed by atoms with E-state index < -0.39 is 4.92 Å². The van der Waals surface area contributed by atoms with Crippen LogP contribution in [0.2, 0.25) is 0 Å². The summed E-state index contributed by atoms with van der Waals surface area (Å²) in [4.78, 5) is 14.7. The number of aromatic nitrogens is 1. The number of anilines is 1. The number of hydrogen-bond acceptors (Lipinski definition) is 4. The molecular formula is C14H21N3O2. The number of aryl methyl sites for hydroxylation is 1. The van der Waals surface area contributed by atoms with Gasteiger partial charge in [-0.2, -0.15) is 0 Å². The van der Waals surface area contributed by atoms with Gasteiger partial charge in [0.05, 0.1) is 4.92 Å². The summed E-state index contributed by atoms with van der Waals surface area (Å²) in [6.45, 7) is 6.21. The van der Waals surface area contributed by atoms with Crippen LogP contribution in [0.15, 0.2) is 12.1 Å². The zero-order valence-electron chi connectivity index (χ0n) is 11.8. The minimum atomic E-state index is -0.392. The van der Waals surface area contributed by atoms with Crippen molar-refractivity contribution in [2.24, 2.45) is 5.41 Å². The zero-order valence-corrected chi connectivity index (χ0v) is 11.8. The summed E-state index contributed by atoms with van der Waals surface area (Å²) in [7, 11) is 0. The molecule has 0 aromatic carbocycles. The highest BCUT2D eigenvalue weighted by Crippen LogP contribution is 2.37. The van der Waals surface area contributed by atoms with Crippen molar-refractivity contribution < 1.29 is 4.92 Å². The van der Waals surface area contributed by atoms with Crippen molar-refractivity contribution in [2.45, 2.75) is 52.5 Å². The molecule has 0 spiro atoms. The van der Waals surface area contributed by atoms with Crippen molar-refractivity contribution in [3.8, 4) is 0 Å². The molecule has 0 radical (unpaired) electrons. The molecule has 0 bridgehead atoms. The van der Waals surface area contributed by atoms with Crippen LogP contribution in [0.4, 0.5) is 11.5 Å². The van der Waals surface area contributed by atoms with Gasteiger partial charge >= 0.3 is 0 Å². The Balaban J connectivity index is 2.15. The Morgan fingerprint density at radius 3 is 2.74 bits per heavy atom. The summed E-state index contributed by atoms with van der Waals surface area (Å²) >= 11 is 0. The monoisotopic (exact) mass is 263 g/mol. The molecule has 1 aliphatic rings. The van der Waals surface area contributed by atoms with Gasteiger partial charge in [0.1, 0.15) is 11.5 Å². The lowest BCUT2D eigenvalue weighted by Crippen LogP contribution is -2.39. The average Bonchev–Trinajstić information content (AvgIpc) is 2.31. The minimum Gasteiger partial charge on any atom is -0.367 e. The van der Waals surface area contributed by atoms with Crippen LogP contribution >= 0.6 is 0 Å². The van der Waals surface area contributed by atoms with E-state index in [0.29, 0.717) is 11.7 Å². The third-order valence-corrected chi connectivity index (χ3v) is 4.08. The van der Waals surface area contributed by atoms with Crippen molar-refractivity contribution in [3.05, 3.63) is 27.9 Å². The first-order valence-electron chi connectivity index (χ1n) is 6.79. The third-order valence-electron chi connectivity index (χ3n) is 4.08. The largest absolute Gasteiger partial charge is 0.367 e. The Labute approximate surface area is 113 Å². The lowest BCUT2D eigenvalue weighted by Gasteiger charge is -2.39. The second-order valence-corrected chi connectivity index (χ2v) is 5.99. The Hall–Kier alpha value is -1.65. The number of rotatable bonds is 3. The van der Waals surface area contributed by atoms with Crippen molar-refractivity contribution in [1.29, 1.82) is 0 Å². The molecular weight excluding hydrogens is 242 g/mol. The standard InChI is InChI=1S/C14H21N3O2/c1-10-11(17(18)19)7-8-13(15-10)16-12-6-4-5-9-14(12,2)3/h7-8,12H,4-6,9H2,1-3H3,(H,15,16). The fourth-order valence-corrected chi connectivity index (χ4v) is 2.77. The smallest absolute Gasteiger partial charge is 0.290 e. The van der Waals surface area contributed by atoms with E-state index in [0.717, 1.165) is 12.2 Å².